The molecule has 0 amide bonds. The number of carbonyl (C=O) groups excluding carboxylic acids is 2. The molecule has 7 nitrogen and oxygen atoms in total. The van der Waals surface area contributed by atoms with Crippen LogP contribution in [0.25, 0.3) is 0 Å². The molecule has 0 fully saturated rings. The molecule has 7 heteroatoms. The van der Waals surface area contributed by atoms with Crippen molar-refractivity contribution >= 4 is 11.9 Å². The molecule has 0 rings (SSSR count). The molecule has 0 N–H and O–H groups in total. The maximum absolute atomic E-state index is 10.9. The van der Waals surface area contributed by atoms with E-state index >= 15 is 0 Å². The Balaban J connectivity index is 4.26. The number of hydrogen-bond acceptors (Lipinski definition) is 7. The molecule has 0 atom stereocenters. The summed E-state index contributed by atoms with van der Waals surface area (Å²) in [5.74, 6) is -1.11. The van der Waals surface area contributed by atoms with Gasteiger partial charge in [-0.1, -0.05) is 20.1 Å². The predicted octanol–water partition coefficient (Wildman–Crippen LogP) is 1.44. The summed E-state index contributed by atoms with van der Waals surface area (Å²) in [5.41, 5.74) is -0.435. The van der Waals surface area contributed by atoms with Gasteiger partial charge in [0, 0.05) is 24.7 Å². The number of ether oxygens (including phenoxy) is 5. The summed E-state index contributed by atoms with van der Waals surface area (Å²) in [4.78, 5) is 21.8. The lowest BCUT2D eigenvalue weighted by Gasteiger charge is -2.31. The zero-order chi connectivity index (χ0) is 16.8. The Labute approximate surface area is 130 Å². The van der Waals surface area contributed by atoms with Gasteiger partial charge in [-0.05, 0) is 6.42 Å². The van der Waals surface area contributed by atoms with Crippen LogP contribution in [0.4, 0.5) is 0 Å². The molecule has 0 aliphatic rings. The van der Waals surface area contributed by atoms with Crippen molar-refractivity contribution in [3.05, 3.63) is 25.3 Å². The highest BCUT2D eigenvalue weighted by Crippen LogP contribution is 2.23. The maximum atomic E-state index is 10.9. The molecule has 0 heterocycles. The normalized spacial score (nSPS) is 10.8. The average molecular weight is 316 g/mol. The Bertz CT molecular complexity index is 337. The number of hydrogen-bond donors (Lipinski definition) is 0. The lowest BCUT2D eigenvalue weighted by atomic mass is 9.88. The quantitative estimate of drug-likeness (QED) is 0.220. The Hall–Kier alpha value is -1.70. The van der Waals surface area contributed by atoms with Gasteiger partial charge < -0.3 is 23.7 Å². The first kappa shape index (κ1) is 20.3. The fraction of sp³-hybridized carbons (Fsp3) is 0.600. The van der Waals surface area contributed by atoms with Gasteiger partial charge in [0.05, 0.1) is 19.8 Å². The van der Waals surface area contributed by atoms with Gasteiger partial charge >= 0.3 is 11.9 Å². The van der Waals surface area contributed by atoms with Gasteiger partial charge in [-0.3, -0.25) is 0 Å². The van der Waals surface area contributed by atoms with E-state index in [9.17, 15) is 9.59 Å². The third-order valence-corrected chi connectivity index (χ3v) is 2.92. The van der Waals surface area contributed by atoms with Crippen LogP contribution in [0.1, 0.15) is 13.3 Å². The highest BCUT2D eigenvalue weighted by Gasteiger charge is 2.29. The lowest BCUT2D eigenvalue weighted by molar-refractivity contribution is -0.164. The highest BCUT2D eigenvalue weighted by atomic mass is 16.7. The van der Waals surface area contributed by atoms with E-state index in [-0.39, 0.29) is 26.8 Å². The van der Waals surface area contributed by atoms with Crippen molar-refractivity contribution < 1.29 is 33.3 Å². The van der Waals surface area contributed by atoms with E-state index in [0.29, 0.717) is 13.0 Å². The Kier molecular flexibility index (Phi) is 11.0. The fourth-order valence-corrected chi connectivity index (χ4v) is 1.57. The van der Waals surface area contributed by atoms with Gasteiger partial charge in [0.1, 0.15) is 0 Å². The first-order chi connectivity index (χ1) is 10.5. The summed E-state index contributed by atoms with van der Waals surface area (Å²) in [7, 11) is 1.57. The van der Waals surface area contributed by atoms with Crippen molar-refractivity contribution in [3.63, 3.8) is 0 Å². The van der Waals surface area contributed by atoms with E-state index in [2.05, 4.69) is 13.2 Å². The molecule has 0 radical (unpaired) electrons. The van der Waals surface area contributed by atoms with Crippen molar-refractivity contribution in [1.29, 1.82) is 0 Å². The molecule has 0 aromatic heterocycles. The minimum Gasteiger partial charge on any atom is -0.435 e. The van der Waals surface area contributed by atoms with Gasteiger partial charge in [-0.2, -0.15) is 0 Å². The molecule has 22 heavy (non-hydrogen) atoms. The highest BCUT2D eigenvalue weighted by molar-refractivity contribution is 5.81. The molecule has 0 saturated heterocycles. The zero-order valence-electron chi connectivity index (χ0n) is 13.2. The van der Waals surface area contributed by atoms with E-state index in [1.807, 2.05) is 6.92 Å². The van der Waals surface area contributed by atoms with E-state index in [1.54, 1.807) is 7.11 Å². The second-order valence-corrected chi connectivity index (χ2v) is 4.55. The van der Waals surface area contributed by atoms with E-state index < -0.39 is 17.4 Å². The lowest BCUT2D eigenvalue weighted by Crippen LogP contribution is -2.37. The van der Waals surface area contributed by atoms with Crippen LogP contribution in [0.15, 0.2) is 25.3 Å². The molecule has 0 aliphatic heterocycles. The fourth-order valence-electron chi connectivity index (χ4n) is 1.57. The monoisotopic (exact) mass is 316 g/mol. The standard InChI is InChI=1S/C15H24O7/c1-5-13(16)21-11-19-9-15(7-3,8-18-4)10-20-12-22-14(17)6-2/h5-6H,1-2,7-12H2,3-4H3. The molecule has 0 aliphatic carbocycles. The summed E-state index contributed by atoms with van der Waals surface area (Å²) in [6.45, 7) is 9.08. The Morgan fingerprint density at radius 2 is 1.41 bits per heavy atom. The molecule has 0 aromatic carbocycles. The molecule has 0 spiro atoms. The van der Waals surface area contributed by atoms with Gasteiger partial charge in [-0.25, -0.2) is 9.59 Å². The SMILES string of the molecule is C=CC(=O)OCOCC(CC)(COC)COCOC(=O)C=C. The van der Waals surface area contributed by atoms with Crippen LogP contribution in [-0.4, -0.2) is 52.5 Å². The predicted molar refractivity (Wildman–Crippen MR) is 78.8 cm³/mol. The molecule has 0 unspecified atom stereocenters. The first-order valence-electron chi connectivity index (χ1n) is 6.76. The van der Waals surface area contributed by atoms with Crippen LogP contribution >= 0.6 is 0 Å². The molecule has 0 bridgehead atoms. The van der Waals surface area contributed by atoms with Crippen LogP contribution in [-0.2, 0) is 33.3 Å². The summed E-state index contributed by atoms with van der Waals surface area (Å²) >= 11 is 0. The topological polar surface area (TPSA) is 80.3 Å². The third-order valence-electron chi connectivity index (χ3n) is 2.92. The van der Waals surface area contributed by atoms with Crippen molar-refractivity contribution in [2.75, 3.05) is 40.5 Å². The van der Waals surface area contributed by atoms with Crippen LogP contribution in [0.5, 0.6) is 0 Å². The Morgan fingerprint density at radius 3 is 1.73 bits per heavy atom. The van der Waals surface area contributed by atoms with Crippen LogP contribution < -0.4 is 0 Å². The number of rotatable bonds is 13. The average Bonchev–Trinajstić information content (AvgIpc) is 2.54. The van der Waals surface area contributed by atoms with Crippen LogP contribution in [0, 0.1) is 5.41 Å². The largest absolute Gasteiger partial charge is 0.435 e. The number of methoxy groups -OCH3 is 1. The zero-order valence-corrected chi connectivity index (χ0v) is 13.2. The molecule has 126 valence electrons. The van der Waals surface area contributed by atoms with E-state index in [1.165, 1.54) is 0 Å². The van der Waals surface area contributed by atoms with E-state index in [4.69, 9.17) is 23.7 Å². The first-order valence-corrected chi connectivity index (χ1v) is 6.76. The summed E-state index contributed by atoms with van der Waals surface area (Å²) in [6, 6.07) is 0. The molecule has 0 saturated carbocycles. The van der Waals surface area contributed by atoms with Crippen molar-refractivity contribution in [2.24, 2.45) is 5.41 Å². The molecule has 0 aromatic rings. The van der Waals surface area contributed by atoms with Crippen LogP contribution in [0.3, 0.4) is 0 Å². The summed E-state index contributed by atoms with van der Waals surface area (Å²) in [5, 5.41) is 0. The second-order valence-electron chi connectivity index (χ2n) is 4.55. The summed E-state index contributed by atoms with van der Waals surface area (Å²) in [6.07, 6.45) is 2.82. The van der Waals surface area contributed by atoms with Crippen LogP contribution in [0.2, 0.25) is 0 Å². The van der Waals surface area contributed by atoms with Crippen molar-refractivity contribution in [3.8, 4) is 0 Å². The second kappa shape index (κ2) is 11.9. The number of esters is 2. The maximum Gasteiger partial charge on any atom is 0.332 e. The van der Waals surface area contributed by atoms with Crippen molar-refractivity contribution in [2.45, 2.75) is 13.3 Å². The number of carbonyl (C=O) groups is 2. The van der Waals surface area contributed by atoms with Gasteiger partial charge in [-0.15, -0.1) is 0 Å². The van der Waals surface area contributed by atoms with E-state index in [0.717, 1.165) is 12.2 Å². The minimum absolute atomic E-state index is 0.179. The van der Waals surface area contributed by atoms with Gasteiger partial charge in [0.2, 0.25) is 0 Å². The Morgan fingerprint density at radius 1 is 0.955 bits per heavy atom. The smallest absolute Gasteiger partial charge is 0.332 e. The van der Waals surface area contributed by atoms with Gasteiger partial charge in [0.15, 0.2) is 13.6 Å². The minimum atomic E-state index is -0.554. The molecular formula is C15H24O7. The van der Waals surface area contributed by atoms with Gasteiger partial charge in [0.25, 0.3) is 0 Å². The third kappa shape index (κ3) is 8.56. The van der Waals surface area contributed by atoms with Crippen molar-refractivity contribution in [1.82, 2.24) is 0 Å². The summed E-state index contributed by atoms with van der Waals surface area (Å²) < 4.78 is 25.3. The molecular weight excluding hydrogens is 292 g/mol.